The van der Waals surface area contributed by atoms with Gasteiger partial charge < -0.3 is 10.1 Å². The summed E-state index contributed by atoms with van der Waals surface area (Å²) < 4.78 is 30.7. The number of halogens is 2. The number of nitrogens with zero attached hydrogens (tertiary/aromatic N) is 7. The molecule has 0 saturated heterocycles. The van der Waals surface area contributed by atoms with E-state index in [9.17, 15) is 13.9 Å². The van der Waals surface area contributed by atoms with Gasteiger partial charge in [0.1, 0.15) is 29.9 Å². The van der Waals surface area contributed by atoms with Crippen molar-refractivity contribution in [2.75, 3.05) is 0 Å². The molecule has 0 aliphatic carbocycles. The van der Waals surface area contributed by atoms with Crippen LogP contribution in [0.15, 0.2) is 49.6 Å². The first-order chi connectivity index (χ1) is 13.5. The minimum Gasteiger partial charge on any atom is -0.383 e. The van der Waals surface area contributed by atoms with Crippen LogP contribution in [0.1, 0.15) is 17.0 Å². The lowest BCUT2D eigenvalue weighted by molar-refractivity contribution is 0.0107. The number of aromatic amines is 1. The van der Waals surface area contributed by atoms with Crippen molar-refractivity contribution < 1.29 is 13.9 Å². The van der Waals surface area contributed by atoms with Crippen LogP contribution in [0.3, 0.4) is 0 Å². The fourth-order valence-corrected chi connectivity index (χ4v) is 3.03. The summed E-state index contributed by atoms with van der Waals surface area (Å²) in [6.07, 6.45) is 7.52. The van der Waals surface area contributed by atoms with E-state index in [2.05, 4.69) is 30.4 Å². The van der Waals surface area contributed by atoms with Crippen molar-refractivity contribution in [2.45, 2.75) is 25.1 Å². The Bertz CT molecular complexity index is 1050. The van der Waals surface area contributed by atoms with Crippen LogP contribution in [-0.4, -0.2) is 44.8 Å². The summed E-state index contributed by atoms with van der Waals surface area (Å²) in [4.78, 5) is 10.7. The summed E-state index contributed by atoms with van der Waals surface area (Å²) in [7, 11) is 0. The minimum absolute atomic E-state index is 0.0572. The number of imidazole rings is 1. The molecule has 0 bridgehead atoms. The van der Waals surface area contributed by atoms with Crippen LogP contribution in [0.5, 0.6) is 0 Å². The molecule has 3 heterocycles. The predicted octanol–water partition coefficient (Wildman–Crippen LogP) is 1.05. The molecule has 144 valence electrons. The smallest absolute Gasteiger partial charge is 0.137 e. The summed E-state index contributed by atoms with van der Waals surface area (Å²) in [5, 5.41) is 23.4. The molecule has 4 aromatic rings. The summed E-state index contributed by atoms with van der Waals surface area (Å²) in [5.41, 5.74) is -0.530. The van der Waals surface area contributed by atoms with Gasteiger partial charge in [-0.05, 0) is 6.07 Å². The molecular weight excluding hydrogens is 370 g/mol. The number of aromatic nitrogens is 8. The zero-order valence-corrected chi connectivity index (χ0v) is 14.6. The first kappa shape index (κ1) is 17.9. The first-order valence-electron chi connectivity index (χ1n) is 8.38. The lowest BCUT2D eigenvalue weighted by Gasteiger charge is -2.28. The van der Waals surface area contributed by atoms with E-state index in [4.69, 9.17) is 0 Å². The molecule has 1 aromatic carbocycles. The van der Waals surface area contributed by atoms with Crippen LogP contribution in [0, 0.1) is 11.6 Å². The van der Waals surface area contributed by atoms with E-state index in [1.807, 2.05) is 0 Å². The molecule has 0 spiro atoms. The number of H-pyrrole nitrogens is 1. The van der Waals surface area contributed by atoms with Crippen molar-refractivity contribution in [1.82, 2.24) is 39.7 Å². The van der Waals surface area contributed by atoms with Gasteiger partial charge in [0.15, 0.2) is 0 Å². The number of hydrogen-bond donors (Lipinski definition) is 2. The molecule has 0 saturated carbocycles. The van der Waals surface area contributed by atoms with Gasteiger partial charge >= 0.3 is 0 Å². The number of benzene rings is 1. The second-order valence-corrected chi connectivity index (χ2v) is 6.41. The van der Waals surface area contributed by atoms with Gasteiger partial charge in [0, 0.05) is 30.4 Å². The van der Waals surface area contributed by atoms with Crippen LogP contribution in [-0.2, 0) is 25.1 Å². The van der Waals surface area contributed by atoms with E-state index >= 15 is 0 Å². The van der Waals surface area contributed by atoms with Gasteiger partial charge in [0.05, 0.1) is 30.8 Å². The standard InChI is InChI=1S/C17H16F2N8O/c18-12-1-2-15(16(19)3-12)17(28,8-27-11-21-10-23-27)4-13-6-26(25-24-13)7-14-5-20-9-22-14/h1-3,5-6,9-11,28H,4,7-8H2,(H,20,22). The molecule has 0 aliphatic heterocycles. The van der Waals surface area contributed by atoms with Crippen LogP contribution < -0.4 is 0 Å². The molecule has 4 rings (SSSR count). The highest BCUT2D eigenvalue weighted by Crippen LogP contribution is 2.29. The van der Waals surface area contributed by atoms with Crippen molar-refractivity contribution >= 4 is 0 Å². The Morgan fingerprint density at radius 2 is 2.07 bits per heavy atom. The predicted molar refractivity (Wildman–Crippen MR) is 91.7 cm³/mol. The van der Waals surface area contributed by atoms with E-state index in [1.165, 1.54) is 23.4 Å². The van der Waals surface area contributed by atoms with Gasteiger partial charge in [0.2, 0.25) is 0 Å². The SMILES string of the molecule is OC(Cc1cn(Cc2cnc[nH]2)nn1)(Cn1cncn1)c1ccc(F)cc1F. The van der Waals surface area contributed by atoms with Crippen LogP contribution >= 0.6 is 0 Å². The third kappa shape index (κ3) is 3.78. The average Bonchev–Trinajstić information content (AvgIpc) is 3.39. The van der Waals surface area contributed by atoms with Gasteiger partial charge in [0.25, 0.3) is 0 Å². The van der Waals surface area contributed by atoms with E-state index in [-0.39, 0.29) is 18.5 Å². The lowest BCUT2D eigenvalue weighted by Crippen LogP contribution is -2.35. The van der Waals surface area contributed by atoms with E-state index in [0.29, 0.717) is 12.2 Å². The third-order valence-corrected chi connectivity index (χ3v) is 4.27. The van der Waals surface area contributed by atoms with E-state index < -0.39 is 17.2 Å². The molecule has 11 heteroatoms. The second-order valence-electron chi connectivity index (χ2n) is 6.41. The number of rotatable bonds is 7. The number of hydrogen-bond acceptors (Lipinski definition) is 6. The molecule has 0 amide bonds. The molecule has 0 fully saturated rings. The molecular formula is C17H16F2N8O. The number of aliphatic hydroxyl groups is 1. The van der Waals surface area contributed by atoms with Gasteiger partial charge in [-0.1, -0.05) is 11.3 Å². The minimum atomic E-state index is -1.74. The van der Waals surface area contributed by atoms with E-state index in [1.54, 1.807) is 23.4 Å². The fraction of sp³-hybridized carbons (Fsp3) is 0.235. The van der Waals surface area contributed by atoms with Crippen molar-refractivity contribution in [3.05, 3.63) is 78.2 Å². The molecule has 2 N–H and O–H groups in total. The highest BCUT2D eigenvalue weighted by molar-refractivity contribution is 5.26. The average molecular weight is 386 g/mol. The zero-order chi connectivity index (χ0) is 19.6. The Morgan fingerprint density at radius 1 is 1.18 bits per heavy atom. The Morgan fingerprint density at radius 3 is 2.79 bits per heavy atom. The maximum Gasteiger partial charge on any atom is 0.137 e. The van der Waals surface area contributed by atoms with Gasteiger partial charge in [-0.25, -0.2) is 28.1 Å². The maximum absolute atomic E-state index is 14.4. The normalized spacial score (nSPS) is 13.5. The maximum atomic E-state index is 14.4. The fourth-order valence-electron chi connectivity index (χ4n) is 3.03. The summed E-state index contributed by atoms with van der Waals surface area (Å²) in [6, 6.07) is 3.05. The quantitative estimate of drug-likeness (QED) is 0.491. The number of nitrogens with one attached hydrogen (secondary N) is 1. The molecule has 1 unspecified atom stereocenters. The zero-order valence-electron chi connectivity index (χ0n) is 14.6. The van der Waals surface area contributed by atoms with Gasteiger partial charge in [-0.15, -0.1) is 5.10 Å². The van der Waals surface area contributed by atoms with Crippen LogP contribution in [0.25, 0.3) is 0 Å². The first-order valence-corrected chi connectivity index (χ1v) is 8.38. The van der Waals surface area contributed by atoms with Crippen molar-refractivity contribution in [3.63, 3.8) is 0 Å². The highest BCUT2D eigenvalue weighted by Gasteiger charge is 2.35. The Labute approximate surface area is 157 Å². The largest absolute Gasteiger partial charge is 0.383 e. The summed E-state index contributed by atoms with van der Waals surface area (Å²) >= 11 is 0. The Hall–Kier alpha value is -3.47. The van der Waals surface area contributed by atoms with Crippen molar-refractivity contribution in [3.8, 4) is 0 Å². The highest BCUT2D eigenvalue weighted by atomic mass is 19.1. The van der Waals surface area contributed by atoms with Crippen molar-refractivity contribution in [1.29, 1.82) is 0 Å². The monoisotopic (exact) mass is 386 g/mol. The van der Waals surface area contributed by atoms with Gasteiger partial charge in [-0.2, -0.15) is 5.10 Å². The molecule has 0 radical (unpaired) electrons. The van der Waals surface area contributed by atoms with E-state index in [0.717, 1.165) is 17.8 Å². The van der Waals surface area contributed by atoms with Crippen LogP contribution in [0.4, 0.5) is 8.78 Å². The topological polar surface area (TPSA) is 110 Å². The second kappa shape index (κ2) is 7.27. The molecule has 0 aliphatic rings. The third-order valence-electron chi connectivity index (χ3n) is 4.27. The van der Waals surface area contributed by atoms with Crippen molar-refractivity contribution in [2.24, 2.45) is 0 Å². The van der Waals surface area contributed by atoms with Crippen LogP contribution in [0.2, 0.25) is 0 Å². The summed E-state index contributed by atoms with van der Waals surface area (Å²) in [6.45, 7) is 0.322. The molecule has 9 nitrogen and oxygen atoms in total. The molecule has 1 atom stereocenters. The molecule has 28 heavy (non-hydrogen) atoms. The lowest BCUT2D eigenvalue weighted by atomic mass is 9.88. The Kier molecular flexibility index (Phi) is 4.65. The Balaban J connectivity index is 1.63. The van der Waals surface area contributed by atoms with Gasteiger partial charge in [-0.3, -0.25) is 0 Å². The summed E-state index contributed by atoms with van der Waals surface area (Å²) in [5.74, 6) is -1.58. The molecule has 3 aromatic heterocycles.